The summed E-state index contributed by atoms with van der Waals surface area (Å²) in [6.07, 6.45) is 8.13. The van der Waals surface area contributed by atoms with Crippen LogP contribution in [-0.4, -0.2) is 17.8 Å². The fourth-order valence-electron chi connectivity index (χ4n) is 0.946. The first-order chi connectivity index (χ1) is 5.33. The SMILES string of the molecule is CC(CO)OC1=CCCC=C1. The molecule has 0 amide bonds. The van der Waals surface area contributed by atoms with E-state index in [4.69, 9.17) is 9.84 Å². The zero-order valence-corrected chi connectivity index (χ0v) is 6.79. The second-order valence-electron chi connectivity index (χ2n) is 2.70. The van der Waals surface area contributed by atoms with Crippen molar-refractivity contribution in [2.24, 2.45) is 0 Å². The maximum absolute atomic E-state index is 8.69. The minimum absolute atomic E-state index is 0.0746. The smallest absolute Gasteiger partial charge is 0.119 e. The van der Waals surface area contributed by atoms with Gasteiger partial charge in [0.25, 0.3) is 0 Å². The first-order valence-corrected chi connectivity index (χ1v) is 3.97. The number of aliphatic hydroxyl groups excluding tert-OH is 1. The summed E-state index contributed by atoms with van der Waals surface area (Å²) in [5.41, 5.74) is 0. The van der Waals surface area contributed by atoms with E-state index in [1.165, 1.54) is 0 Å². The molecule has 0 saturated heterocycles. The highest BCUT2D eigenvalue weighted by molar-refractivity contribution is 5.16. The minimum Gasteiger partial charge on any atom is -0.489 e. The zero-order valence-electron chi connectivity index (χ0n) is 6.79. The summed E-state index contributed by atoms with van der Waals surface area (Å²) in [6.45, 7) is 1.93. The summed E-state index contributed by atoms with van der Waals surface area (Å²) in [7, 11) is 0. The Morgan fingerprint density at radius 3 is 3.00 bits per heavy atom. The van der Waals surface area contributed by atoms with Gasteiger partial charge in [0.1, 0.15) is 11.9 Å². The van der Waals surface area contributed by atoms with Crippen molar-refractivity contribution in [1.82, 2.24) is 0 Å². The van der Waals surface area contributed by atoms with Gasteiger partial charge >= 0.3 is 0 Å². The van der Waals surface area contributed by atoms with Gasteiger partial charge in [-0.3, -0.25) is 0 Å². The molecule has 0 radical (unpaired) electrons. The highest BCUT2D eigenvalue weighted by Gasteiger charge is 2.03. The highest BCUT2D eigenvalue weighted by Crippen LogP contribution is 2.12. The van der Waals surface area contributed by atoms with Gasteiger partial charge in [-0.05, 0) is 31.9 Å². The van der Waals surface area contributed by atoms with Crippen molar-refractivity contribution in [3.63, 3.8) is 0 Å². The van der Waals surface area contributed by atoms with Crippen molar-refractivity contribution in [2.75, 3.05) is 6.61 Å². The summed E-state index contributed by atoms with van der Waals surface area (Å²) in [5.74, 6) is 0.887. The number of rotatable bonds is 3. The molecule has 1 N–H and O–H groups in total. The van der Waals surface area contributed by atoms with E-state index in [0.29, 0.717) is 0 Å². The lowest BCUT2D eigenvalue weighted by molar-refractivity contribution is 0.0776. The van der Waals surface area contributed by atoms with Crippen molar-refractivity contribution in [1.29, 1.82) is 0 Å². The van der Waals surface area contributed by atoms with Crippen LogP contribution in [0.25, 0.3) is 0 Å². The second kappa shape index (κ2) is 4.19. The lowest BCUT2D eigenvalue weighted by Crippen LogP contribution is -2.12. The van der Waals surface area contributed by atoms with E-state index in [1.807, 2.05) is 19.1 Å². The van der Waals surface area contributed by atoms with Crippen molar-refractivity contribution < 1.29 is 9.84 Å². The topological polar surface area (TPSA) is 29.5 Å². The van der Waals surface area contributed by atoms with Gasteiger partial charge in [0.05, 0.1) is 6.61 Å². The summed E-state index contributed by atoms with van der Waals surface area (Å²) >= 11 is 0. The quantitative estimate of drug-likeness (QED) is 0.669. The van der Waals surface area contributed by atoms with E-state index in [-0.39, 0.29) is 12.7 Å². The molecule has 1 atom stereocenters. The first kappa shape index (κ1) is 8.34. The Morgan fingerprint density at radius 2 is 2.45 bits per heavy atom. The van der Waals surface area contributed by atoms with Crippen LogP contribution in [0, 0.1) is 0 Å². The molecule has 0 aromatic carbocycles. The van der Waals surface area contributed by atoms with Crippen LogP contribution in [0.1, 0.15) is 19.8 Å². The number of allylic oxidation sites excluding steroid dienone is 3. The molecule has 1 aliphatic rings. The first-order valence-electron chi connectivity index (χ1n) is 3.97. The maximum Gasteiger partial charge on any atom is 0.119 e. The molecular formula is C9H14O2. The average molecular weight is 154 g/mol. The average Bonchev–Trinajstić information content (AvgIpc) is 2.06. The van der Waals surface area contributed by atoms with E-state index in [9.17, 15) is 0 Å². The minimum atomic E-state index is -0.0935. The molecule has 2 nitrogen and oxygen atoms in total. The lowest BCUT2D eigenvalue weighted by atomic mass is 10.2. The molecule has 0 aliphatic heterocycles. The van der Waals surface area contributed by atoms with Crippen molar-refractivity contribution in [3.05, 3.63) is 24.0 Å². The molecule has 1 rings (SSSR count). The molecule has 0 bridgehead atoms. The largest absolute Gasteiger partial charge is 0.489 e. The molecule has 0 saturated carbocycles. The Balaban J connectivity index is 2.36. The zero-order chi connectivity index (χ0) is 8.10. The van der Waals surface area contributed by atoms with Crippen LogP contribution in [0.15, 0.2) is 24.0 Å². The highest BCUT2D eigenvalue weighted by atomic mass is 16.5. The van der Waals surface area contributed by atoms with Crippen LogP contribution in [-0.2, 0) is 4.74 Å². The van der Waals surface area contributed by atoms with E-state index >= 15 is 0 Å². The van der Waals surface area contributed by atoms with E-state index in [2.05, 4.69) is 6.08 Å². The standard InChI is InChI=1S/C9H14O2/c1-8(7-10)11-9-5-3-2-4-6-9/h3,5-6,8,10H,2,4,7H2,1H3. The van der Waals surface area contributed by atoms with Gasteiger partial charge in [-0.25, -0.2) is 0 Å². The van der Waals surface area contributed by atoms with Crippen molar-refractivity contribution in [3.8, 4) is 0 Å². The maximum atomic E-state index is 8.69. The fraction of sp³-hybridized carbons (Fsp3) is 0.556. The summed E-state index contributed by atoms with van der Waals surface area (Å²) in [5, 5.41) is 8.69. The molecule has 1 unspecified atom stereocenters. The number of aliphatic hydroxyl groups is 1. The monoisotopic (exact) mass is 154 g/mol. The molecule has 0 aromatic heterocycles. The molecule has 0 aromatic rings. The Hall–Kier alpha value is -0.760. The van der Waals surface area contributed by atoms with Crippen LogP contribution in [0.2, 0.25) is 0 Å². The van der Waals surface area contributed by atoms with Gasteiger partial charge in [0.2, 0.25) is 0 Å². The molecule has 0 spiro atoms. The third-order valence-corrected chi connectivity index (χ3v) is 1.56. The molecule has 1 aliphatic carbocycles. The summed E-state index contributed by atoms with van der Waals surface area (Å²) < 4.78 is 5.36. The Morgan fingerprint density at radius 1 is 1.64 bits per heavy atom. The van der Waals surface area contributed by atoms with E-state index in [0.717, 1.165) is 18.6 Å². The fourth-order valence-corrected chi connectivity index (χ4v) is 0.946. The van der Waals surface area contributed by atoms with Gasteiger partial charge in [-0.2, -0.15) is 0 Å². The van der Waals surface area contributed by atoms with Gasteiger partial charge in [0.15, 0.2) is 0 Å². The Kier molecular flexibility index (Phi) is 3.17. The van der Waals surface area contributed by atoms with Crippen molar-refractivity contribution >= 4 is 0 Å². The van der Waals surface area contributed by atoms with E-state index in [1.54, 1.807) is 0 Å². The number of hydrogen-bond donors (Lipinski definition) is 1. The van der Waals surface area contributed by atoms with Crippen molar-refractivity contribution in [2.45, 2.75) is 25.9 Å². The molecule has 11 heavy (non-hydrogen) atoms. The molecule has 0 heterocycles. The predicted molar refractivity (Wildman–Crippen MR) is 44.1 cm³/mol. The third-order valence-electron chi connectivity index (χ3n) is 1.56. The van der Waals surface area contributed by atoms with E-state index < -0.39 is 0 Å². The molecule has 0 fully saturated rings. The molecule has 62 valence electrons. The number of ether oxygens (including phenoxy) is 1. The second-order valence-corrected chi connectivity index (χ2v) is 2.70. The van der Waals surface area contributed by atoms with Crippen LogP contribution in [0.5, 0.6) is 0 Å². The molecular weight excluding hydrogens is 140 g/mol. The van der Waals surface area contributed by atoms with Gasteiger partial charge < -0.3 is 9.84 Å². The summed E-state index contributed by atoms with van der Waals surface area (Å²) in [4.78, 5) is 0. The Bertz CT molecular complexity index is 170. The number of hydrogen-bond acceptors (Lipinski definition) is 2. The van der Waals surface area contributed by atoms with Crippen LogP contribution < -0.4 is 0 Å². The van der Waals surface area contributed by atoms with Gasteiger partial charge in [0, 0.05) is 0 Å². The van der Waals surface area contributed by atoms with Crippen LogP contribution in [0.4, 0.5) is 0 Å². The lowest BCUT2D eigenvalue weighted by Gasteiger charge is -2.14. The van der Waals surface area contributed by atoms with Crippen LogP contribution in [0.3, 0.4) is 0 Å². The normalized spacial score (nSPS) is 19.3. The molecule has 2 heteroatoms. The third kappa shape index (κ3) is 2.76. The summed E-state index contributed by atoms with van der Waals surface area (Å²) in [6, 6.07) is 0. The van der Waals surface area contributed by atoms with Gasteiger partial charge in [-0.1, -0.05) is 6.08 Å². The van der Waals surface area contributed by atoms with Crippen LogP contribution >= 0.6 is 0 Å². The predicted octanol–water partition coefficient (Wildman–Crippen LogP) is 1.62. The van der Waals surface area contributed by atoms with Gasteiger partial charge in [-0.15, -0.1) is 0 Å². The Labute approximate surface area is 67.2 Å².